The molecule has 0 saturated heterocycles. The Morgan fingerprint density at radius 1 is 1.32 bits per heavy atom. The molecular weight excluding hydrogens is 321 g/mol. The summed E-state index contributed by atoms with van der Waals surface area (Å²) in [6, 6.07) is 7.83. The maximum absolute atomic E-state index is 14.0. The fraction of sp³-hybridized carbons (Fsp3) is 0.263. The molecule has 1 heterocycles. The van der Waals surface area contributed by atoms with Gasteiger partial charge < -0.3 is 15.4 Å². The molecule has 0 spiro atoms. The monoisotopic (exact) mass is 343 g/mol. The van der Waals surface area contributed by atoms with Crippen molar-refractivity contribution in [1.82, 2.24) is 10.3 Å². The minimum atomic E-state index is -0.465. The molecule has 132 valence electrons. The van der Waals surface area contributed by atoms with Crippen molar-refractivity contribution in [2.75, 3.05) is 11.9 Å². The van der Waals surface area contributed by atoms with Gasteiger partial charge in [-0.3, -0.25) is 9.78 Å². The molecule has 2 aromatic rings. The zero-order valence-corrected chi connectivity index (χ0v) is 14.2. The molecule has 1 amide bonds. The molecule has 0 aliphatic carbocycles. The number of carbonyl (C=O) groups is 1. The summed E-state index contributed by atoms with van der Waals surface area (Å²) in [4.78, 5) is 15.9. The summed E-state index contributed by atoms with van der Waals surface area (Å²) in [5.74, 6) is -0.355. The van der Waals surface area contributed by atoms with E-state index in [1.807, 2.05) is 0 Å². The number of amides is 1. The van der Waals surface area contributed by atoms with Crippen LogP contribution in [-0.2, 0) is 0 Å². The molecule has 1 aromatic carbocycles. The van der Waals surface area contributed by atoms with Gasteiger partial charge in [0.25, 0.3) is 5.91 Å². The zero-order chi connectivity index (χ0) is 18.1. The number of nitrogens with zero attached hydrogens (tertiary/aromatic N) is 1. The smallest absolute Gasteiger partial charge is 0.258 e. The third kappa shape index (κ3) is 5.91. The van der Waals surface area contributed by atoms with E-state index in [2.05, 4.69) is 29.1 Å². The van der Waals surface area contributed by atoms with Crippen molar-refractivity contribution in [3.63, 3.8) is 0 Å². The normalized spacial score (nSPS) is 10.2. The molecule has 6 heteroatoms. The van der Waals surface area contributed by atoms with Gasteiger partial charge in [-0.15, -0.1) is 0 Å². The van der Waals surface area contributed by atoms with Gasteiger partial charge >= 0.3 is 0 Å². The number of aromatic nitrogens is 1. The van der Waals surface area contributed by atoms with E-state index in [0.717, 1.165) is 19.3 Å². The lowest BCUT2D eigenvalue weighted by Crippen LogP contribution is -2.26. The van der Waals surface area contributed by atoms with E-state index in [1.165, 1.54) is 12.3 Å². The topological polar surface area (TPSA) is 63.2 Å². The summed E-state index contributed by atoms with van der Waals surface area (Å²) in [5.41, 5.74) is 0.877. The Morgan fingerprint density at radius 3 is 2.84 bits per heavy atom. The van der Waals surface area contributed by atoms with Gasteiger partial charge in [-0.1, -0.05) is 26.3 Å². The van der Waals surface area contributed by atoms with Crippen LogP contribution in [0.25, 0.3) is 0 Å². The van der Waals surface area contributed by atoms with Gasteiger partial charge in [0.15, 0.2) is 11.6 Å². The van der Waals surface area contributed by atoms with Crippen molar-refractivity contribution < 1.29 is 13.9 Å². The van der Waals surface area contributed by atoms with Gasteiger partial charge in [0.1, 0.15) is 5.82 Å². The molecule has 0 bridgehead atoms. The fourth-order valence-electron chi connectivity index (χ4n) is 2.14. The summed E-state index contributed by atoms with van der Waals surface area (Å²) in [6.07, 6.45) is 6.07. The van der Waals surface area contributed by atoms with Crippen LogP contribution in [0.1, 0.15) is 36.5 Å². The van der Waals surface area contributed by atoms with Crippen molar-refractivity contribution in [3.05, 3.63) is 66.5 Å². The van der Waals surface area contributed by atoms with Crippen LogP contribution in [0.4, 0.5) is 10.1 Å². The van der Waals surface area contributed by atoms with E-state index in [0.29, 0.717) is 17.9 Å². The van der Waals surface area contributed by atoms with E-state index in [9.17, 15) is 9.18 Å². The molecule has 0 saturated carbocycles. The van der Waals surface area contributed by atoms with Gasteiger partial charge in [-0.2, -0.15) is 0 Å². The summed E-state index contributed by atoms with van der Waals surface area (Å²) in [7, 11) is 0. The molecule has 0 atom stereocenters. The average molecular weight is 343 g/mol. The van der Waals surface area contributed by atoms with Gasteiger partial charge in [0.05, 0.1) is 12.2 Å². The van der Waals surface area contributed by atoms with Crippen LogP contribution in [0.2, 0.25) is 0 Å². The highest BCUT2D eigenvalue weighted by molar-refractivity contribution is 5.95. The Labute approximate surface area is 146 Å². The lowest BCUT2D eigenvalue weighted by Gasteiger charge is -2.13. The number of hydrogen-bond acceptors (Lipinski definition) is 4. The first-order chi connectivity index (χ1) is 12.1. The second kappa shape index (κ2) is 9.42. The standard InChI is InChI=1S/C19H22FN3O2/c1-3-4-5-11-25-18-9-8-16(12-17(18)20)22-14(2)23-19(24)15-7-6-10-21-13-15/h6-10,12-13,22H,2-5,11H2,1H3,(H,23,24). The van der Waals surface area contributed by atoms with Gasteiger partial charge in [-0.25, -0.2) is 4.39 Å². The molecular formula is C19H22FN3O2. The van der Waals surface area contributed by atoms with Crippen LogP contribution in [0.15, 0.2) is 55.1 Å². The van der Waals surface area contributed by atoms with Crippen LogP contribution in [0, 0.1) is 5.82 Å². The molecule has 1 aromatic heterocycles. The second-order valence-corrected chi connectivity index (χ2v) is 5.50. The minimum Gasteiger partial charge on any atom is -0.491 e. The second-order valence-electron chi connectivity index (χ2n) is 5.50. The number of unbranched alkanes of at least 4 members (excludes halogenated alkanes) is 2. The molecule has 2 rings (SSSR count). The summed E-state index contributed by atoms with van der Waals surface area (Å²) >= 11 is 0. The third-order valence-corrected chi connectivity index (χ3v) is 3.42. The average Bonchev–Trinajstić information content (AvgIpc) is 2.61. The number of benzene rings is 1. The quantitative estimate of drug-likeness (QED) is 0.673. The van der Waals surface area contributed by atoms with E-state index in [4.69, 9.17) is 4.74 Å². The minimum absolute atomic E-state index is 0.215. The first kappa shape index (κ1) is 18.4. The van der Waals surface area contributed by atoms with Crippen molar-refractivity contribution >= 4 is 11.6 Å². The molecule has 0 aliphatic rings. The number of anilines is 1. The van der Waals surface area contributed by atoms with Crippen LogP contribution in [0.3, 0.4) is 0 Å². The molecule has 0 unspecified atom stereocenters. The third-order valence-electron chi connectivity index (χ3n) is 3.42. The van der Waals surface area contributed by atoms with Crippen LogP contribution in [0.5, 0.6) is 5.75 Å². The number of nitrogens with one attached hydrogen (secondary N) is 2. The number of rotatable bonds is 9. The van der Waals surface area contributed by atoms with Gasteiger partial charge in [0, 0.05) is 24.1 Å². The number of halogens is 1. The van der Waals surface area contributed by atoms with Crippen molar-refractivity contribution in [1.29, 1.82) is 0 Å². The lowest BCUT2D eigenvalue weighted by molar-refractivity contribution is 0.0966. The number of carbonyl (C=O) groups excluding carboxylic acids is 1. The summed E-state index contributed by atoms with van der Waals surface area (Å²) in [6.45, 7) is 6.31. The van der Waals surface area contributed by atoms with Gasteiger partial charge in [-0.05, 0) is 30.7 Å². The Kier molecular flexibility index (Phi) is 6.95. The molecule has 0 fully saturated rings. The van der Waals surface area contributed by atoms with Crippen LogP contribution < -0.4 is 15.4 Å². The maximum atomic E-state index is 14.0. The number of hydrogen-bond donors (Lipinski definition) is 2. The molecule has 25 heavy (non-hydrogen) atoms. The van der Waals surface area contributed by atoms with Crippen LogP contribution in [-0.4, -0.2) is 17.5 Å². The zero-order valence-electron chi connectivity index (χ0n) is 14.2. The SMILES string of the molecule is C=C(NC(=O)c1cccnc1)Nc1ccc(OCCCCC)c(F)c1. The van der Waals surface area contributed by atoms with E-state index in [-0.39, 0.29) is 17.5 Å². The Morgan fingerprint density at radius 2 is 2.16 bits per heavy atom. The maximum Gasteiger partial charge on any atom is 0.258 e. The Balaban J connectivity index is 1.88. The lowest BCUT2D eigenvalue weighted by atomic mass is 10.2. The van der Waals surface area contributed by atoms with Crippen molar-refractivity contribution in [3.8, 4) is 5.75 Å². The van der Waals surface area contributed by atoms with Gasteiger partial charge in [0.2, 0.25) is 0 Å². The van der Waals surface area contributed by atoms with Crippen molar-refractivity contribution in [2.24, 2.45) is 0 Å². The first-order valence-corrected chi connectivity index (χ1v) is 8.20. The van der Waals surface area contributed by atoms with Crippen molar-refractivity contribution in [2.45, 2.75) is 26.2 Å². The first-order valence-electron chi connectivity index (χ1n) is 8.20. The highest BCUT2D eigenvalue weighted by atomic mass is 19.1. The van der Waals surface area contributed by atoms with Crippen LogP contribution >= 0.6 is 0 Å². The summed E-state index contributed by atoms with van der Waals surface area (Å²) < 4.78 is 19.5. The molecule has 0 aliphatic heterocycles. The molecule has 0 radical (unpaired) electrons. The number of pyridine rings is 1. The van der Waals surface area contributed by atoms with E-state index >= 15 is 0 Å². The van der Waals surface area contributed by atoms with E-state index in [1.54, 1.807) is 30.5 Å². The molecule has 5 nitrogen and oxygen atoms in total. The van der Waals surface area contributed by atoms with E-state index < -0.39 is 5.82 Å². The highest BCUT2D eigenvalue weighted by Crippen LogP contribution is 2.22. The Bertz CT molecular complexity index is 720. The Hall–Kier alpha value is -2.89. The predicted octanol–water partition coefficient (Wildman–Crippen LogP) is 4.10. The summed E-state index contributed by atoms with van der Waals surface area (Å²) in [5, 5.41) is 5.43. The molecule has 2 N–H and O–H groups in total. The number of ether oxygens (including phenoxy) is 1. The predicted molar refractivity (Wildman–Crippen MR) is 95.9 cm³/mol. The fourth-order valence-corrected chi connectivity index (χ4v) is 2.14. The highest BCUT2D eigenvalue weighted by Gasteiger charge is 2.08. The largest absolute Gasteiger partial charge is 0.491 e.